The van der Waals surface area contributed by atoms with E-state index < -0.39 is 0 Å². The molecule has 1 saturated carbocycles. The van der Waals surface area contributed by atoms with E-state index >= 15 is 0 Å². The second-order valence-electron chi connectivity index (χ2n) is 7.18. The van der Waals surface area contributed by atoms with E-state index in [1.165, 1.54) is 68.1 Å². The predicted molar refractivity (Wildman–Crippen MR) is 87.1 cm³/mol. The third-order valence-electron chi connectivity index (χ3n) is 6.20. The van der Waals surface area contributed by atoms with Gasteiger partial charge in [-0.15, -0.1) is 0 Å². The first kappa shape index (κ1) is 14.6. The monoisotopic (exact) mass is 281 g/mol. The first-order valence-corrected chi connectivity index (χ1v) is 8.74. The van der Waals surface area contributed by atoms with Crippen LogP contribution in [0.5, 0.6) is 0 Å². The molecule has 0 aliphatic heterocycles. The Morgan fingerprint density at radius 3 is 2.52 bits per heavy atom. The van der Waals surface area contributed by atoms with Crippen molar-refractivity contribution in [1.82, 2.24) is 0 Å². The van der Waals surface area contributed by atoms with Crippen LogP contribution in [-0.4, -0.2) is 0 Å². The van der Waals surface area contributed by atoms with Gasteiger partial charge in [-0.2, -0.15) is 5.26 Å². The number of benzene rings is 1. The lowest BCUT2D eigenvalue weighted by atomic mass is 9.69. The standard InChI is InChI=1S/C20H27N/c1-3-15-4-6-16(7-5-15)17-10-11-20-14(2)19(13-21)9-8-18(20)12-17/h8-9,15-17H,3-7,10-12H2,1-2H3. The van der Waals surface area contributed by atoms with Gasteiger partial charge in [0.15, 0.2) is 0 Å². The van der Waals surface area contributed by atoms with Gasteiger partial charge in [0.25, 0.3) is 0 Å². The highest BCUT2D eigenvalue weighted by molar-refractivity contribution is 5.47. The highest BCUT2D eigenvalue weighted by atomic mass is 14.4. The number of rotatable bonds is 2. The molecular weight excluding hydrogens is 254 g/mol. The summed E-state index contributed by atoms with van der Waals surface area (Å²) in [6.07, 6.45) is 11.0. The fourth-order valence-corrected chi connectivity index (χ4v) is 4.66. The van der Waals surface area contributed by atoms with Gasteiger partial charge >= 0.3 is 0 Å². The summed E-state index contributed by atoms with van der Waals surface area (Å²) in [4.78, 5) is 0. The van der Waals surface area contributed by atoms with E-state index in [1.54, 1.807) is 0 Å². The van der Waals surface area contributed by atoms with Gasteiger partial charge in [-0.3, -0.25) is 0 Å². The molecule has 0 bridgehead atoms. The molecule has 0 radical (unpaired) electrons. The van der Waals surface area contributed by atoms with Gasteiger partial charge in [-0.05, 0) is 79.5 Å². The van der Waals surface area contributed by atoms with E-state index in [0.29, 0.717) is 0 Å². The van der Waals surface area contributed by atoms with E-state index in [0.717, 1.165) is 23.3 Å². The van der Waals surface area contributed by atoms with E-state index in [9.17, 15) is 5.26 Å². The van der Waals surface area contributed by atoms with E-state index in [4.69, 9.17) is 0 Å². The number of hydrogen-bond donors (Lipinski definition) is 0. The Hall–Kier alpha value is -1.29. The molecule has 1 atom stereocenters. The SMILES string of the molecule is CCC1CCC(C2CCc3c(ccc(C#N)c3C)C2)CC1. The maximum absolute atomic E-state index is 9.17. The second-order valence-corrected chi connectivity index (χ2v) is 7.18. The molecule has 1 heteroatoms. The molecule has 0 spiro atoms. The van der Waals surface area contributed by atoms with Crippen molar-refractivity contribution in [2.45, 2.75) is 65.2 Å². The Balaban J connectivity index is 1.71. The normalized spacial score (nSPS) is 28.7. The summed E-state index contributed by atoms with van der Waals surface area (Å²) >= 11 is 0. The van der Waals surface area contributed by atoms with E-state index in [-0.39, 0.29) is 0 Å². The van der Waals surface area contributed by atoms with Crippen LogP contribution < -0.4 is 0 Å². The summed E-state index contributed by atoms with van der Waals surface area (Å²) in [6.45, 7) is 4.47. The highest BCUT2D eigenvalue weighted by Crippen LogP contribution is 2.40. The fraction of sp³-hybridized carbons (Fsp3) is 0.650. The minimum absolute atomic E-state index is 0.871. The summed E-state index contributed by atoms with van der Waals surface area (Å²) in [5.41, 5.74) is 5.12. The molecule has 1 fully saturated rings. The van der Waals surface area contributed by atoms with Crippen molar-refractivity contribution in [3.05, 3.63) is 34.4 Å². The van der Waals surface area contributed by atoms with Crippen LogP contribution in [0.4, 0.5) is 0 Å². The summed E-state index contributed by atoms with van der Waals surface area (Å²) in [7, 11) is 0. The van der Waals surface area contributed by atoms with Gasteiger partial charge in [0.1, 0.15) is 0 Å². The van der Waals surface area contributed by atoms with E-state index in [1.807, 2.05) is 6.07 Å². The maximum Gasteiger partial charge on any atom is 0.0994 e. The molecule has 2 aliphatic rings. The first-order valence-electron chi connectivity index (χ1n) is 8.74. The van der Waals surface area contributed by atoms with Gasteiger partial charge < -0.3 is 0 Å². The highest BCUT2D eigenvalue weighted by Gasteiger charge is 2.30. The lowest BCUT2D eigenvalue weighted by Gasteiger charge is -2.36. The summed E-state index contributed by atoms with van der Waals surface area (Å²) in [5, 5.41) is 9.17. The van der Waals surface area contributed by atoms with Crippen molar-refractivity contribution < 1.29 is 0 Å². The molecule has 1 unspecified atom stereocenters. The lowest BCUT2D eigenvalue weighted by molar-refractivity contribution is 0.187. The van der Waals surface area contributed by atoms with Gasteiger partial charge in [-0.25, -0.2) is 0 Å². The summed E-state index contributed by atoms with van der Waals surface area (Å²) in [5.74, 6) is 2.84. The molecule has 3 rings (SSSR count). The smallest absolute Gasteiger partial charge is 0.0994 e. The number of nitrogens with zero attached hydrogens (tertiary/aromatic N) is 1. The summed E-state index contributed by atoms with van der Waals surface area (Å²) in [6, 6.07) is 6.59. The zero-order valence-corrected chi connectivity index (χ0v) is 13.5. The van der Waals surface area contributed by atoms with Crippen LogP contribution in [0, 0.1) is 36.0 Å². The number of hydrogen-bond acceptors (Lipinski definition) is 1. The lowest BCUT2D eigenvalue weighted by Crippen LogP contribution is -2.27. The zero-order valence-electron chi connectivity index (χ0n) is 13.5. The first-order chi connectivity index (χ1) is 10.2. The molecule has 0 aromatic heterocycles. The molecule has 2 aliphatic carbocycles. The van der Waals surface area contributed by atoms with Crippen molar-refractivity contribution in [2.24, 2.45) is 17.8 Å². The van der Waals surface area contributed by atoms with Crippen LogP contribution in [0.3, 0.4) is 0 Å². The molecule has 1 aromatic carbocycles. The Morgan fingerprint density at radius 1 is 1.10 bits per heavy atom. The average Bonchev–Trinajstić information content (AvgIpc) is 2.55. The van der Waals surface area contributed by atoms with Crippen LogP contribution in [0.2, 0.25) is 0 Å². The third-order valence-corrected chi connectivity index (χ3v) is 6.20. The maximum atomic E-state index is 9.17. The Morgan fingerprint density at radius 2 is 1.86 bits per heavy atom. The minimum atomic E-state index is 0.871. The van der Waals surface area contributed by atoms with Crippen molar-refractivity contribution in [2.75, 3.05) is 0 Å². The topological polar surface area (TPSA) is 23.8 Å². The molecule has 1 aromatic rings. The number of nitriles is 1. The Labute approximate surface area is 129 Å². The van der Waals surface area contributed by atoms with Crippen LogP contribution in [0.1, 0.15) is 67.7 Å². The van der Waals surface area contributed by atoms with Crippen molar-refractivity contribution in [1.29, 1.82) is 5.26 Å². The summed E-state index contributed by atoms with van der Waals surface area (Å²) < 4.78 is 0. The molecule has 112 valence electrons. The minimum Gasteiger partial charge on any atom is -0.192 e. The molecule has 1 nitrogen and oxygen atoms in total. The van der Waals surface area contributed by atoms with Gasteiger partial charge in [0, 0.05) is 0 Å². The van der Waals surface area contributed by atoms with E-state index in [2.05, 4.69) is 26.0 Å². The average molecular weight is 281 g/mol. The zero-order chi connectivity index (χ0) is 14.8. The Bertz CT molecular complexity index is 544. The Kier molecular flexibility index (Phi) is 4.34. The van der Waals surface area contributed by atoms with Gasteiger partial charge in [0.2, 0.25) is 0 Å². The largest absolute Gasteiger partial charge is 0.192 e. The van der Waals surface area contributed by atoms with Crippen molar-refractivity contribution in [3.63, 3.8) is 0 Å². The van der Waals surface area contributed by atoms with Gasteiger partial charge in [-0.1, -0.05) is 32.3 Å². The number of fused-ring (bicyclic) bond motifs is 1. The fourth-order valence-electron chi connectivity index (χ4n) is 4.66. The molecule has 21 heavy (non-hydrogen) atoms. The second kappa shape index (κ2) is 6.22. The third kappa shape index (κ3) is 2.86. The van der Waals surface area contributed by atoms with Gasteiger partial charge in [0.05, 0.1) is 11.6 Å². The van der Waals surface area contributed by atoms with Crippen molar-refractivity contribution >= 4 is 0 Å². The predicted octanol–water partition coefficient (Wildman–Crippen LogP) is 5.19. The molecular formula is C20H27N. The molecule has 0 heterocycles. The van der Waals surface area contributed by atoms with Crippen LogP contribution in [-0.2, 0) is 12.8 Å². The van der Waals surface area contributed by atoms with Crippen LogP contribution in [0.15, 0.2) is 12.1 Å². The van der Waals surface area contributed by atoms with Crippen molar-refractivity contribution in [3.8, 4) is 6.07 Å². The quantitative estimate of drug-likeness (QED) is 0.732. The van der Waals surface area contributed by atoms with Crippen LogP contribution in [0.25, 0.3) is 0 Å². The molecule has 0 saturated heterocycles. The molecule has 0 N–H and O–H groups in total. The molecule has 0 amide bonds. The van der Waals surface area contributed by atoms with Crippen LogP contribution >= 0.6 is 0 Å².